The van der Waals surface area contributed by atoms with Gasteiger partial charge in [0.2, 0.25) is 0 Å². The normalized spacial score (nSPS) is 21.1. The van der Waals surface area contributed by atoms with Crippen LogP contribution in [0, 0.1) is 0 Å². The van der Waals surface area contributed by atoms with Crippen LogP contribution in [-0.4, -0.2) is 60.1 Å². The summed E-state index contributed by atoms with van der Waals surface area (Å²) >= 11 is 7.38. The standard InChI is InChI=1S/C16H18ClN3O2S/c1-23-16-18-14(10-12-2-4-13(17)5-3-12)15(21)20(16)11-19-6-8-22-9-7-19/h2-5,10H,6-9,11H2,1H3/b14-10-. The van der Waals surface area contributed by atoms with Crippen molar-refractivity contribution in [1.29, 1.82) is 0 Å². The average Bonchev–Trinajstić information content (AvgIpc) is 2.87. The second-order valence-corrected chi connectivity index (χ2v) is 6.49. The first-order valence-corrected chi connectivity index (χ1v) is 8.99. The number of nitrogens with zero attached hydrogens (tertiary/aromatic N) is 3. The molecule has 2 aliphatic heterocycles. The second-order valence-electron chi connectivity index (χ2n) is 5.28. The minimum atomic E-state index is -0.0595. The molecule has 0 atom stereocenters. The van der Waals surface area contributed by atoms with Crippen molar-refractivity contribution in [1.82, 2.24) is 9.80 Å². The van der Waals surface area contributed by atoms with E-state index < -0.39 is 0 Å². The molecule has 7 heteroatoms. The lowest BCUT2D eigenvalue weighted by molar-refractivity contribution is -0.124. The molecule has 0 radical (unpaired) electrons. The van der Waals surface area contributed by atoms with Gasteiger partial charge in [-0.15, -0.1) is 0 Å². The third-order valence-corrected chi connectivity index (χ3v) is 4.64. The van der Waals surface area contributed by atoms with E-state index in [9.17, 15) is 4.79 Å². The summed E-state index contributed by atoms with van der Waals surface area (Å²) in [6, 6.07) is 7.36. The number of hydrogen-bond donors (Lipinski definition) is 0. The van der Waals surface area contributed by atoms with Gasteiger partial charge in [-0.25, -0.2) is 4.99 Å². The molecule has 0 N–H and O–H groups in total. The predicted molar refractivity (Wildman–Crippen MR) is 94.5 cm³/mol. The van der Waals surface area contributed by atoms with E-state index in [1.807, 2.05) is 18.4 Å². The van der Waals surface area contributed by atoms with E-state index in [1.165, 1.54) is 11.8 Å². The highest BCUT2D eigenvalue weighted by molar-refractivity contribution is 8.13. The van der Waals surface area contributed by atoms with Crippen LogP contribution in [0.4, 0.5) is 0 Å². The summed E-state index contributed by atoms with van der Waals surface area (Å²) in [5, 5.41) is 1.41. The van der Waals surface area contributed by atoms with Gasteiger partial charge in [0, 0.05) is 18.1 Å². The van der Waals surface area contributed by atoms with E-state index in [1.54, 1.807) is 23.1 Å². The van der Waals surface area contributed by atoms with Gasteiger partial charge in [0.15, 0.2) is 5.17 Å². The highest BCUT2D eigenvalue weighted by atomic mass is 35.5. The monoisotopic (exact) mass is 351 g/mol. The summed E-state index contributed by atoms with van der Waals surface area (Å²) in [5.41, 5.74) is 1.38. The van der Waals surface area contributed by atoms with Crippen molar-refractivity contribution in [3.05, 3.63) is 40.5 Å². The lowest BCUT2D eigenvalue weighted by Gasteiger charge is -2.30. The van der Waals surface area contributed by atoms with Gasteiger partial charge in [-0.05, 0) is 30.0 Å². The van der Waals surface area contributed by atoms with Gasteiger partial charge in [0.1, 0.15) is 5.70 Å². The zero-order valence-electron chi connectivity index (χ0n) is 12.9. The van der Waals surface area contributed by atoms with E-state index in [0.29, 0.717) is 30.6 Å². The highest BCUT2D eigenvalue weighted by Gasteiger charge is 2.31. The Morgan fingerprint density at radius 1 is 1.30 bits per heavy atom. The van der Waals surface area contributed by atoms with Gasteiger partial charge in [-0.2, -0.15) is 0 Å². The third kappa shape index (κ3) is 3.95. The SMILES string of the molecule is CSC1=N/C(=C\c2ccc(Cl)cc2)C(=O)N1CN1CCOCC1. The van der Waals surface area contributed by atoms with Crippen molar-refractivity contribution in [2.24, 2.45) is 4.99 Å². The summed E-state index contributed by atoms with van der Waals surface area (Å²) in [6.07, 6.45) is 3.73. The molecule has 1 amide bonds. The number of benzene rings is 1. The Bertz CT molecular complexity index is 639. The lowest BCUT2D eigenvalue weighted by atomic mass is 10.2. The fourth-order valence-corrected chi connectivity index (χ4v) is 3.15. The molecule has 3 rings (SSSR count). The van der Waals surface area contributed by atoms with Crippen molar-refractivity contribution >= 4 is 40.5 Å². The number of morpholine rings is 1. The largest absolute Gasteiger partial charge is 0.379 e. The summed E-state index contributed by atoms with van der Waals surface area (Å²) in [7, 11) is 0. The first-order chi connectivity index (χ1) is 11.2. The third-order valence-electron chi connectivity index (χ3n) is 3.71. The van der Waals surface area contributed by atoms with Gasteiger partial charge < -0.3 is 4.74 Å². The number of thioether (sulfide) groups is 1. The Morgan fingerprint density at radius 2 is 2.00 bits per heavy atom. The van der Waals surface area contributed by atoms with Gasteiger partial charge in [-0.1, -0.05) is 35.5 Å². The Morgan fingerprint density at radius 3 is 2.65 bits per heavy atom. The van der Waals surface area contributed by atoms with Gasteiger partial charge in [0.25, 0.3) is 5.91 Å². The molecule has 2 aliphatic rings. The van der Waals surface area contributed by atoms with Crippen LogP contribution in [0.2, 0.25) is 5.02 Å². The number of carbonyl (C=O) groups is 1. The van der Waals surface area contributed by atoms with Crippen molar-refractivity contribution in [3.8, 4) is 0 Å². The molecular formula is C16H18ClN3O2S. The Labute approximate surface area is 144 Å². The quantitative estimate of drug-likeness (QED) is 0.785. The molecule has 0 saturated carbocycles. The lowest BCUT2D eigenvalue weighted by Crippen LogP contribution is -2.46. The molecule has 0 aliphatic carbocycles. The number of halogens is 1. The molecule has 2 heterocycles. The molecule has 122 valence electrons. The minimum Gasteiger partial charge on any atom is -0.379 e. The van der Waals surface area contributed by atoms with Crippen LogP contribution in [0.25, 0.3) is 6.08 Å². The first-order valence-electron chi connectivity index (χ1n) is 7.39. The van der Waals surface area contributed by atoms with Crippen LogP contribution >= 0.6 is 23.4 Å². The smallest absolute Gasteiger partial charge is 0.279 e. The van der Waals surface area contributed by atoms with E-state index in [4.69, 9.17) is 16.3 Å². The Balaban J connectivity index is 1.77. The van der Waals surface area contributed by atoms with Crippen LogP contribution in [0.3, 0.4) is 0 Å². The minimum absolute atomic E-state index is 0.0595. The maximum Gasteiger partial charge on any atom is 0.279 e. The number of ether oxygens (including phenoxy) is 1. The number of aliphatic imine (C=N–C) groups is 1. The number of hydrogen-bond acceptors (Lipinski definition) is 5. The number of carbonyl (C=O) groups excluding carboxylic acids is 1. The van der Waals surface area contributed by atoms with Crippen molar-refractivity contribution in [2.45, 2.75) is 0 Å². The van der Waals surface area contributed by atoms with Crippen molar-refractivity contribution in [3.63, 3.8) is 0 Å². The zero-order valence-corrected chi connectivity index (χ0v) is 14.4. The molecule has 0 bridgehead atoms. The summed E-state index contributed by atoms with van der Waals surface area (Å²) < 4.78 is 5.35. The van der Waals surface area contributed by atoms with Gasteiger partial charge >= 0.3 is 0 Å². The van der Waals surface area contributed by atoms with Gasteiger partial charge in [-0.3, -0.25) is 14.6 Å². The summed E-state index contributed by atoms with van der Waals surface area (Å²) in [4.78, 5) is 21.1. The fraction of sp³-hybridized carbons (Fsp3) is 0.375. The molecule has 23 heavy (non-hydrogen) atoms. The fourth-order valence-electron chi connectivity index (χ4n) is 2.47. The van der Waals surface area contributed by atoms with E-state index in [-0.39, 0.29) is 5.91 Å². The van der Waals surface area contributed by atoms with E-state index >= 15 is 0 Å². The molecule has 0 unspecified atom stereocenters. The Hall–Kier alpha value is -1.34. The predicted octanol–water partition coefficient (Wildman–Crippen LogP) is 2.53. The molecule has 5 nitrogen and oxygen atoms in total. The van der Waals surface area contributed by atoms with E-state index in [2.05, 4.69) is 9.89 Å². The van der Waals surface area contributed by atoms with Crippen LogP contribution in [0.1, 0.15) is 5.56 Å². The van der Waals surface area contributed by atoms with Crippen LogP contribution in [0.5, 0.6) is 0 Å². The Kier molecular flexibility index (Phi) is 5.38. The molecule has 1 fully saturated rings. The van der Waals surface area contributed by atoms with Crippen molar-refractivity contribution in [2.75, 3.05) is 39.2 Å². The topological polar surface area (TPSA) is 45.1 Å². The molecule has 1 aromatic carbocycles. The highest BCUT2D eigenvalue weighted by Crippen LogP contribution is 2.23. The van der Waals surface area contributed by atoms with Crippen LogP contribution in [0.15, 0.2) is 35.0 Å². The number of amides is 1. The van der Waals surface area contributed by atoms with Crippen molar-refractivity contribution < 1.29 is 9.53 Å². The molecule has 0 aromatic heterocycles. The van der Waals surface area contributed by atoms with E-state index in [0.717, 1.165) is 23.8 Å². The number of rotatable bonds is 3. The van der Waals surface area contributed by atoms with Crippen LogP contribution in [-0.2, 0) is 9.53 Å². The van der Waals surface area contributed by atoms with Crippen LogP contribution < -0.4 is 0 Å². The first kappa shape index (κ1) is 16.5. The molecular weight excluding hydrogens is 334 g/mol. The summed E-state index contributed by atoms with van der Waals surface area (Å²) in [5.74, 6) is -0.0595. The zero-order chi connectivity index (χ0) is 16.2. The molecule has 0 spiro atoms. The molecule has 1 saturated heterocycles. The van der Waals surface area contributed by atoms with Gasteiger partial charge in [0.05, 0.1) is 19.9 Å². The maximum absolute atomic E-state index is 12.7. The maximum atomic E-state index is 12.7. The molecule has 1 aromatic rings. The number of amidine groups is 1. The second kappa shape index (κ2) is 7.49. The summed E-state index contributed by atoms with van der Waals surface area (Å²) in [6.45, 7) is 3.64. The average molecular weight is 352 g/mol.